The van der Waals surface area contributed by atoms with E-state index >= 15 is 0 Å². The number of benzene rings is 2. The van der Waals surface area contributed by atoms with Gasteiger partial charge in [-0.1, -0.05) is 12.1 Å². The quantitative estimate of drug-likeness (QED) is 0.775. The largest absolute Gasteiger partial charge is 0.496 e. The van der Waals surface area contributed by atoms with Gasteiger partial charge in [0.25, 0.3) is 0 Å². The van der Waals surface area contributed by atoms with Gasteiger partial charge < -0.3 is 9.47 Å². The summed E-state index contributed by atoms with van der Waals surface area (Å²) < 4.78 is 24.7. The van der Waals surface area contributed by atoms with Crippen molar-refractivity contribution in [3.63, 3.8) is 0 Å². The van der Waals surface area contributed by atoms with Gasteiger partial charge in [0.1, 0.15) is 17.3 Å². The number of carbonyl (C=O) groups excluding carboxylic acids is 1. The average molecular weight is 353 g/mol. The van der Waals surface area contributed by atoms with Crippen LogP contribution in [0.4, 0.5) is 4.39 Å². The molecule has 0 unspecified atom stereocenters. The molecule has 3 nitrogen and oxygen atoms in total. The van der Waals surface area contributed by atoms with Crippen molar-refractivity contribution in [2.24, 2.45) is 0 Å². The molecule has 0 aliphatic rings. The minimum absolute atomic E-state index is 0.265. The van der Waals surface area contributed by atoms with E-state index in [0.29, 0.717) is 27.1 Å². The van der Waals surface area contributed by atoms with Crippen LogP contribution in [0.5, 0.6) is 11.5 Å². The molecule has 0 aliphatic heterocycles. The van der Waals surface area contributed by atoms with Crippen LogP contribution in [-0.2, 0) is 0 Å². The van der Waals surface area contributed by atoms with Crippen molar-refractivity contribution in [1.82, 2.24) is 0 Å². The van der Waals surface area contributed by atoms with Gasteiger partial charge in [0.05, 0.1) is 24.3 Å². The summed E-state index contributed by atoms with van der Waals surface area (Å²) >= 11 is 3.33. The van der Waals surface area contributed by atoms with Crippen molar-refractivity contribution < 1.29 is 18.7 Å². The molecule has 2 rings (SSSR count). The highest BCUT2D eigenvalue weighted by Gasteiger charge is 2.18. The summed E-state index contributed by atoms with van der Waals surface area (Å²) in [5, 5.41) is 0. The van der Waals surface area contributed by atoms with Gasteiger partial charge in [-0.3, -0.25) is 4.79 Å². The van der Waals surface area contributed by atoms with Crippen LogP contribution in [0.3, 0.4) is 0 Å². The fourth-order valence-electron chi connectivity index (χ4n) is 1.93. The molecule has 2 aromatic rings. The zero-order valence-corrected chi connectivity index (χ0v) is 13.5. The third-order valence-corrected chi connectivity index (χ3v) is 3.77. The summed E-state index contributed by atoms with van der Waals surface area (Å²) in [6.45, 7) is 1.65. The molecule has 0 saturated carbocycles. The second kappa shape index (κ2) is 6.26. The minimum Gasteiger partial charge on any atom is -0.496 e. The zero-order chi connectivity index (χ0) is 15.6. The predicted molar refractivity (Wildman–Crippen MR) is 81.8 cm³/mol. The molecule has 0 aliphatic carbocycles. The second-order valence-corrected chi connectivity index (χ2v) is 5.33. The van der Waals surface area contributed by atoms with Crippen LogP contribution in [0.25, 0.3) is 0 Å². The maximum absolute atomic E-state index is 13.6. The minimum atomic E-state index is -0.413. The van der Waals surface area contributed by atoms with Gasteiger partial charge in [-0.2, -0.15) is 0 Å². The molecule has 0 N–H and O–H groups in total. The fraction of sp³-hybridized carbons (Fsp3) is 0.188. The molecule has 0 bridgehead atoms. The van der Waals surface area contributed by atoms with Gasteiger partial charge in [0.15, 0.2) is 5.78 Å². The molecular weight excluding hydrogens is 339 g/mol. The van der Waals surface area contributed by atoms with Crippen LogP contribution in [0.1, 0.15) is 21.5 Å². The summed E-state index contributed by atoms with van der Waals surface area (Å²) in [6.07, 6.45) is 0. The summed E-state index contributed by atoms with van der Waals surface area (Å²) in [4.78, 5) is 12.6. The molecule has 5 heteroatoms. The molecule has 0 heterocycles. The normalized spacial score (nSPS) is 10.3. The van der Waals surface area contributed by atoms with Gasteiger partial charge in [-0.25, -0.2) is 4.39 Å². The highest BCUT2D eigenvalue weighted by atomic mass is 79.9. The second-order valence-electron chi connectivity index (χ2n) is 4.48. The third kappa shape index (κ3) is 3.08. The molecule has 0 saturated heterocycles. The van der Waals surface area contributed by atoms with E-state index in [9.17, 15) is 9.18 Å². The van der Waals surface area contributed by atoms with Crippen LogP contribution >= 0.6 is 15.9 Å². The van der Waals surface area contributed by atoms with Crippen molar-refractivity contribution in [3.8, 4) is 11.5 Å². The smallest absolute Gasteiger partial charge is 0.196 e. The van der Waals surface area contributed by atoms with Crippen LogP contribution in [-0.4, -0.2) is 20.0 Å². The number of methoxy groups -OCH3 is 2. The number of hydrogen-bond donors (Lipinski definition) is 0. The van der Waals surface area contributed by atoms with E-state index in [0.717, 1.165) is 0 Å². The Bertz CT molecular complexity index is 698. The van der Waals surface area contributed by atoms with Gasteiger partial charge in [0.2, 0.25) is 0 Å². The topological polar surface area (TPSA) is 35.5 Å². The number of rotatable bonds is 4. The first kappa shape index (κ1) is 15.5. The molecule has 110 valence electrons. The molecule has 0 radical (unpaired) electrons. The predicted octanol–water partition coefficient (Wildman–Crippen LogP) is 4.14. The molecule has 2 aromatic carbocycles. The van der Waals surface area contributed by atoms with Crippen LogP contribution in [0, 0.1) is 12.7 Å². The highest BCUT2D eigenvalue weighted by Crippen LogP contribution is 2.34. The third-order valence-electron chi connectivity index (χ3n) is 3.15. The molecule has 0 aromatic heterocycles. The summed E-state index contributed by atoms with van der Waals surface area (Å²) in [7, 11) is 2.98. The Balaban J connectivity index is 2.53. The summed E-state index contributed by atoms with van der Waals surface area (Å²) in [5.74, 6) is 0.167. The first-order chi connectivity index (χ1) is 9.97. The van der Waals surface area contributed by atoms with Crippen LogP contribution in [0.2, 0.25) is 0 Å². The maximum Gasteiger partial charge on any atom is 0.196 e. The van der Waals surface area contributed by atoms with E-state index in [1.807, 2.05) is 0 Å². The van der Waals surface area contributed by atoms with E-state index < -0.39 is 5.82 Å². The number of ketones is 1. The Hall–Kier alpha value is -1.88. The van der Waals surface area contributed by atoms with Gasteiger partial charge in [-0.15, -0.1) is 0 Å². The molecule has 21 heavy (non-hydrogen) atoms. The highest BCUT2D eigenvalue weighted by molar-refractivity contribution is 9.10. The maximum atomic E-state index is 13.6. The standard InChI is InChI=1S/C16H14BrFO3/c1-9-4-5-10(6-13(9)18)16(19)11-7-15(21-3)12(17)8-14(11)20-2/h4-8H,1-3H3. The monoisotopic (exact) mass is 352 g/mol. The number of halogens is 2. The summed E-state index contributed by atoms with van der Waals surface area (Å²) in [6, 6.07) is 7.62. The fourth-order valence-corrected chi connectivity index (χ4v) is 2.41. The number of ether oxygens (including phenoxy) is 2. The van der Waals surface area contributed by atoms with Crippen molar-refractivity contribution in [2.45, 2.75) is 6.92 Å². The van der Waals surface area contributed by atoms with E-state index in [-0.39, 0.29) is 11.3 Å². The number of hydrogen-bond acceptors (Lipinski definition) is 3. The Morgan fingerprint density at radius 2 is 1.76 bits per heavy atom. The van der Waals surface area contributed by atoms with Crippen molar-refractivity contribution >= 4 is 21.7 Å². The van der Waals surface area contributed by atoms with Crippen molar-refractivity contribution in [1.29, 1.82) is 0 Å². The Labute approximate surface area is 130 Å². The molecule has 0 spiro atoms. The molecule has 0 atom stereocenters. The lowest BCUT2D eigenvalue weighted by molar-refractivity contribution is 0.103. The summed E-state index contributed by atoms with van der Waals surface area (Å²) in [5.41, 5.74) is 1.08. The molecule has 0 fully saturated rings. The van der Waals surface area contributed by atoms with E-state index in [4.69, 9.17) is 9.47 Å². The van der Waals surface area contributed by atoms with Crippen molar-refractivity contribution in [3.05, 3.63) is 57.3 Å². The lowest BCUT2D eigenvalue weighted by atomic mass is 10.0. The molecular formula is C16H14BrFO3. The first-order valence-electron chi connectivity index (χ1n) is 6.20. The Kier molecular flexibility index (Phi) is 4.63. The lowest BCUT2D eigenvalue weighted by Gasteiger charge is -2.12. The Morgan fingerprint density at radius 1 is 1.10 bits per heavy atom. The zero-order valence-electron chi connectivity index (χ0n) is 11.9. The Morgan fingerprint density at radius 3 is 2.33 bits per heavy atom. The SMILES string of the molecule is COc1cc(C(=O)c2ccc(C)c(F)c2)c(OC)cc1Br. The van der Waals surface area contributed by atoms with E-state index in [2.05, 4.69) is 15.9 Å². The average Bonchev–Trinajstić information content (AvgIpc) is 2.49. The first-order valence-corrected chi connectivity index (χ1v) is 6.99. The van der Waals surface area contributed by atoms with Crippen LogP contribution in [0.15, 0.2) is 34.8 Å². The van der Waals surface area contributed by atoms with Gasteiger partial charge in [0, 0.05) is 5.56 Å². The van der Waals surface area contributed by atoms with Crippen molar-refractivity contribution in [2.75, 3.05) is 14.2 Å². The molecule has 0 amide bonds. The van der Waals surface area contributed by atoms with E-state index in [1.54, 1.807) is 31.2 Å². The number of aryl methyl sites for hydroxylation is 1. The lowest BCUT2D eigenvalue weighted by Crippen LogP contribution is -2.05. The van der Waals surface area contributed by atoms with E-state index in [1.165, 1.54) is 20.3 Å². The number of carbonyl (C=O) groups is 1. The van der Waals surface area contributed by atoms with Gasteiger partial charge in [-0.05, 0) is 46.6 Å². The van der Waals surface area contributed by atoms with Gasteiger partial charge >= 0.3 is 0 Å². The van der Waals surface area contributed by atoms with Crippen LogP contribution < -0.4 is 9.47 Å².